The van der Waals surface area contributed by atoms with Crippen LogP contribution in [0.25, 0.3) is 6.08 Å². The Kier molecular flexibility index (Phi) is 7.85. The molecule has 178 valence electrons. The van der Waals surface area contributed by atoms with Crippen LogP contribution in [-0.2, 0) is 14.8 Å². The first-order valence-electron chi connectivity index (χ1n) is 10.4. The first-order valence-corrected chi connectivity index (χ1v) is 11.9. The lowest BCUT2D eigenvalue weighted by molar-refractivity contribution is -0.111. The van der Waals surface area contributed by atoms with Crippen molar-refractivity contribution in [2.75, 3.05) is 23.8 Å². The number of anilines is 2. The highest BCUT2D eigenvalue weighted by Crippen LogP contribution is 2.28. The van der Waals surface area contributed by atoms with Crippen molar-refractivity contribution in [3.05, 3.63) is 71.7 Å². The average molecular weight is 483 g/mol. The quantitative estimate of drug-likeness (QED) is 0.443. The van der Waals surface area contributed by atoms with Gasteiger partial charge in [-0.25, -0.2) is 18.4 Å². The second kappa shape index (κ2) is 10.8. The van der Waals surface area contributed by atoms with E-state index in [1.165, 1.54) is 30.3 Å². The summed E-state index contributed by atoms with van der Waals surface area (Å²) in [5, 5.41) is 2.70. The van der Waals surface area contributed by atoms with Gasteiger partial charge in [-0.2, -0.15) is 0 Å². The van der Waals surface area contributed by atoms with E-state index >= 15 is 0 Å². The van der Waals surface area contributed by atoms with Crippen LogP contribution in [-0.4, -0.2) is 38.0 Å². The first-order chi connectivity index (χ1) is 16.2. The molecule has 3 aromatic rings. The number of aromatic nitrogens is 2. The third-order valence-corrected chi connectivity index (χ3v) is 5.92. The Labute approximate surface area is 198 Å². The van der Waals surface area contributed by atoms with Crippen LogP contribution >= 0.6 is 0 Å². The van der Waals surface area contributed by atoms with Crippen LogP contribution in [0, 0.1) is 13.8 Å². The van der Waals surface area contributed by atoms with Crippen LogP contribution in [0.2, 0.25) is 0 Å². The summed E-state index contributed by atoms with van der Waals surface area (Å²) in [5.41, 5.74) is 1.87. The molecule has 0 atom stereocenters. The third-order valence-electron chi connectivity index (χ3n) is 4.55. The van der Waals surface area contributed by atoms with Crippen LogP contribution in [0.1, 0.15) is 24.0 Å². The number of benzene rings is 2. The Morgan fingerprint density at radius 2 is 1.76 bits per heavy atom. The third kappa shape index (κ3) is 6.55. The minimum Gasteiger partial charge on any atom is -0.493 e. The molecule has 0 saturated heterocycles. The summed E-state index contributed by atoms with van der Waals surface area (Å²) in [7, 11) is -2.29. The van der Waals surface area contributed by atoms with Crippen molar-refractivity contribution in [3.63, 3.8) is 0 Å². The highest BCUT2D eigenvalue weighted by atomic mass is 32.2. The van der Waals surface area contributed by atoms with E-state index in [-0.39, 0.29) is 16.6 Å². The summed E-state index contributed by atoms with van der Waals surface area (Å²) in [6, 6.07) is 12.7. The molecule has 2 aromatic carbocycles. The second-order valence-electron chi connectivity index (χ2n) is 7.24. The SMILES string of the molecule is CCOc1ccc(C=CC(=O)Nc2ccc(S(=O)(=O)Nc3cc(C)nc(C)n3)cc2)cc1OC. The van der Waals surface area contributed by atoms with E-state index in [0.717, 1.165) is 5.56 Å². The van der Waals surface area contributed by atoms with Crippen molar-refractivity contribution in [2.24, 2.45) is 0 Å². The normalized spacial score (nSPS) is 11.3. The Bertz CT molecular complexity index is 1290. The van der Waals surface area contributed by atoms with Gasteiger partial charge in [0.1, 0.15) is 11.6 Å². The van der Waals surface area contributed by atoms with E-state index in [2.05, 4.69) is 20.0 Å². The van der Waals surface area contributed by atoms with Gasteiger partial charge in [-0.3, -0.25) is 9.52 Å². The van der Waals surface area contributed by atoms with Gasteiger partial charge in [0, 0.05) is 23.5 Å². The van der Waals surface area contributed by atoms with Gasteiger partial charge < -0.3 is 14.8 Å². The van der Waals surface area contributed by atoms with Crippen LogP contribution < -0.4 is 19.5 Å². The zero-order valence-corrected chi connectivity index (χ0v) is 20.1. The van der Waals surface area contributed by atoms with E-state index in [9.17, 15) is 13.2 Å². The van der Waals surface area contributed by atoms with Crippen LogP contribution in [0.15, 0.2) is 59.5 Å². The number of hydrogen-bond donors (Lipinski definition) is 2. The molecule has 9 nitrogen and oxygen atoms in total. The zero-order chi connectivity index (χ0) is 24.7. The fourth-order valence-electron chi connectivity index (χ4n) is 3.10. The molecular weight excluding hydrogens is 456 g/mol. The summed E-state index contributed by atoms with van der Waals surface area (Å²) in [4.78, 5) is 20.6. The lowest BCUT2D eigenvalue weighted by Crippen LogP contribution is -2.15. The topological polar surface area (TPSA) is 120 Å². The van der Waals surface area contributed by atoms with Gasteiger partial charge in [0.25, 0.3) is 10.0 Å². The number of nitrogens with one attached hydrogen (secondary N) is 2. The lowest BCUT2D eigenvalue weighted by Gasteiger charge is -2.10. The monoisotopic (exact) mass is 482 g/mol. The maximum absolute atomic E-state index is 12.6. The minimum atomic E-state index is -3.84. The molecular formula is C24H26N4O5S. The van der Waals surface area contributed by atoms with Crippen molar-refractivity contribution in [1.82, 2.24) is 9.97 Å². The molecule has 0 radical (unpaired) electrons. The Balaban J connectivity index is 1.65. The number of hydrogen-bond acceptors (Lipinski definition) is 7. The number of carbonyl (C=O) groups excluding carboxylic acids is 1. The Morgan fingerprint density at radius 3 is 2.41 bits per heavy atom. The molecule has 2 N–H and O–H groups in total. The molecule has 34 heavy (non-hydrogen) atoms. The molecule has 0 fully saturated rings. The van der Waals surface area contributed by atoms with Crippen LogP contribution in [0.3, 0.4) is 0 Å². The zero-order valence-electron chi connectivity index (χ0n) is 19.3. The minimum absolute atomic E-state index is 0.0384. The maximum atomic E-state index is 12.6. The molecule has 0 aliphatic rings. The second-order valence-corrected chi connectivity index (χ2v) is 8.92. The summed E-state index contributed by atoms with van der Waals surface area (Å²) >= 11 is 0. The van der Waals surface area contributed by atoms with Gasteiger partial charge in [-0.05, 0) is 68.8 Å². The molecule has 0 aliphatic carbocycles. The predicted octanol–water partition coefficient (Wildman–Crippen LogP) is 3.95. The molecule has 1 aromatic heterocycles. The molecule has 0 spiro atoms. The van der Waals surface area contributed by atoms with E-state index in [4.69, 9.17) is 9.47 Å². The summed E-state index contributed by atoms with van der Waals surface area (Å²) in [6.07, 6.45) is 3.02. The van der Waals surface area contributed by atoms with Gasteiger partial charge in [-0.15, -0.1) is 0 Å². The number of aryl methyl sites for hydroxylation is 2. The fourth-order valence-corrected chi connectivity index (χ4v) is 4.09. The van der Waals surface area contributed by atoms with Gasteiger partial charge in [0.15, 0.2) is 11.5 Å². The maximum Gasteiger partial charge on any atom is 0.263 e. The lowest BCUT2D eigenvalue weighted by atomic mass is 10.2. The largest absolute Gasteiger partial charge is 0.493 e. The molecule has 0 saturated carbocycles. The summed E-state index contributed by atoms with van der Waals surface area (Å²) in [5.74, 6) is 1.49. The highest BCUT2D eigenvalue weighted by molar-refractivity contribution is 7.92. The van der Waals surface area contributed by atoms with Crippen LogP contribution in [0.4, 0.5) is 11.5 Å². The van der Waals surface area contributed by atoms with E-state index in [1.807, 2.05) is 13.0 Å². The number of rotatable bonds is 9. The number of ether oxygens (including phenoxy) is 2. The number of methoxy groups -OCH3 is 1. The standard InChI is InChI=1S/C24H26N4O5S/c1-5-33-21-12-6-18(15-22(21)32-4)7-13-24(29)27-19-8-10-20(11-9-19)34(30,31)28-23-14-16(2)25-17(3)26-23/h6-15H,5H2,1-4H3,(H,27,29)(H,25,26,28). The first kappa shape index (κ1) is 24.7. The number of carbonyl (C=O) groups is 1. The average Bonchev–Trinajstić information content (AvgIpc) is 2.78. The molecule has 1 amide bonds. The Morgan fingerprint density at radius 1 is 1.03 bits per heavy atom. The summed E-state index contributed by atoms with van der Waals surface area (Å²) < 4.78 is 38.5. The molecule has 3 rings (SSSR count). The molecule has 0 unspecified atom stereocenters. The highest BCUT2D eigenvalue weighted by Gasteiger charge is 2.15. The van der Waals surface area contributed by atoms with Crippen LogP contribution in [0.5, 0.6) is 11.5 Å². The van der Waals surface area contributed by atoms with E-state index in [0.29, 0.717) is 35.3 Å². The predicted molar refractivity (Wildman–Crippen MR) is 131 cm³/mol. The van der Waals surface area contributed by atoms with Crippen molar-refractivity contribution in [1.29, 1.82) is 0 Å². The van der Waals surface area contributed by atoms with Crippen molar-refractivity contribution < 1.29 is 22.7 Å². The number of sulfonamides is 1. The van der Waals surface area contributed by atoms with E-state index < -0.39 is 10.0 Å². The Hall–Kier alpha value is -3.92. The van der Waals surface area contributed by atoms with Gasteiger partial charge in [0.05, 0.1) is 18.6 Å². The molecule has 10 heteroatoms. The van der Waals surface area contributed by atoms with Crippen molar-refractivity contribution >= 4 is 33.5 Å². The fraction of sp³-hybridized carbons (Fsp3) is 0.208. The van der Waals surface area contributed by atoms with E-state index in [1.54, 1.807) is 45.2 Å². The van der Waals surface area contributed by atoms with Gasteiger partial charge in [0.2, 0.25) is 5.91 Å². The molecule has 0 bridgehead atoms. The molecule has 0 aliphatic heterocycles. The summed E-state index contributed by atoms with van der Waals surface area (Å²) in [6.45, 7) is 5.84. The van der Waals surface area contributed by atoms with Gasteiger partial charge >= 0.3 is 0 Å². The smallest absolute Gasteiger partial charge is 0.263 e. The van der Waals surface area contributed by atoms with Crippen molar-refractivity contribution in [3.8, 4) is 11.5 Å². The van der Waals surface area contributed by atoms with Crippen molar-refractivity contribution in [2.45, 2.75) is 25.7 Å². The number of nitrogens with zero attached hydrogens (tertiary/aromatic N) is 2. The van der Waals surface area contributed by atoms with Gasteiger partial charge in [-0.1, -0.05) is 6.07 Å². The number of amides is 1. The molecule has 1 heterocycles.